The number of aromatic nitrogens is 5. The van der Waals surface area contributed by atoms with Crippen molar-refractivity contribution in [3.8, 4) is 56.7 Å². The Morgan fingerprint density at radius 2 is 0.825 bits per heavy atom. The third kappa shape index (κ3) is 4.57. The van der Waals surface area contributed by atoms with Gasteiger partial charge in [0.05, 0.1) is 27.5 Å². The molecule has 0 aliphatic heterocycles. The molecule has 9 aromatic carbocycles. The second-order valence-corrected chi connectivity index (χ2v) is 16.7. The molecule has 5 heteroatoms. The molecule has 3 aromatic heterocycles. The molecule has 0 saturated heterocycles. The molecular formula is C58H35N5. The van der Waals surface area contributed by atoms with Crippen LogP contribution >= 0.6 is 0 Å². The number of rotatable bonds is 4. The van der Waals surface area contributed by atoms with Crippen molar-refractivity contribution in [3.05, 3.63) is 235 Å². The first-order valence-electron chi connectivity index (χ1n) is 21.5. The predicted molar refractivity (Wildman–Crippen MR) is 256 cm³/mol. The quantitative estimate of drug-likeness (QED) is 0.178. The highest BCUT2D eigenvalue weighted by Gasteiger charge is 2.52. The molecule has 0 atom stereocenters. The molecule has 0 bridgehead atoms. The van der Waals surface area contributed by atoms with E-state index in [9.17, 15) is 0 Å². The second-order valence-electron chi connectivity index (χ2n) is 16.7. The highest BCUT2D eigenvalue weighted by Crippen LogP contribution is 2.64. The van der Waals surface area contributed by atoms with Crippen LogP contribution in [0.25, 0.3) is 100 Å². The van der Waals surface area contributed by atoms with E-state index in [1.54, 1.807) is 0 Å². The molecule has 0 fully saturated rings. The summed E-state index contributed by atoms with van der Waals surface area (Å²) >= 11 is 0. The van der Waals surface area contributed by atoms with Gasteiger partial charge in [0.2, 0.25) is 5.95 Å². The molecule has 1 spiro atoms. The van der Waals surface area contributed by atoms with Crippen LogP contribution in [0.4, 0.5) is 0 Å². The van der Waals surface area contributed by atoms with Crippen LogP contribution in [0.15, 0.2) is 212 Å². The fourth-order valence-electron chi connectivity index (χ4n) is 11.2. The van der Waals surface area contributed by atoms with Gasteiger partial charge in [-0.25, -0.2) is 4.98 Å². The Kier molecular flexibility index (Phi) is 6.97. The van der Waals surface area contributed by atoms with Gasteiger partial charge in [0.15, 0.2) is 11.6 Å². The average molecular weight is 802 g/mol. The fourth-order valence-corrected chi connectivity index (χ4v) is 11.2. The van der Waals surface area contributed by atoms with Gasteiger partial charge in [-0.05, 0) is 80.9 Å². The standard InChI is InChI=1S/C58H35N5/c1-2-17-36(18-3-1)55-59-56(37-19-16-20-38(35-37)62-49-30-13-7-24-42(49)43-25-8-14-31-50(43)62)61-57(60-55)63-51-32-15-9-26-45(51)53-52(63)34-33-44-41-23-6-12-29-48(41)58(54(44)53)46-27-10-4-21-39(46)40-22-5-11-28-47(40)58/h1-35H. The SMILES string of the molecule is c1ccc(-c2nc(-c3cccc(-n4c5ccccc5c5ccccc54)c3)nc(-n3c4ccccc4c4c5c(ccc43)-c3ccccc3C53c4ccccc4-c4ccccc43)n2)cc1. The zero-order chi connectivity index (χ0) is 41.2. The Hall–Kier alpha value is -8.41. The minimum atomic E-state index is -0.514. The number of fused-ring (bicyclic) bond motifs is 17. The van der Waals surface area contributed by atoms with E-state index in [2.05, 4.69) is 203 Å². The Bertz CT molecular complexity index is 3760. The van der Waals surface area contributed by atoms with Crippen LogP contribution in [0, 0.1) is 0 Å². The van der Waals surface area contributed by atoms with Crippen LogP contribution in [0.1, 0.15) is 22.3 Å². The monoisotopic (exact) mass is 801 g/mol. The van der Waals surface area contributed by atoms with Crippen molar-refractivity contribution < 1.29 is 0 Å². The van der Waals surface area contributed by atoms with Crippen LogP contribution in [0.2, 0.25) is 0 Å². The molecule has 292 valence electrons. The molecule has 14 rings (SSSR count). The lowest BCUT2D eigenvalue weighted by molar-refractivity contribution is 0.801. The van der Waals surface area contributed by atoms with Crippen LogP contribution in [0.3, 0.4) is 0 Å². The first-order chi connectivity index (χ1) is 31.3. The fraction of sp³-hybridized carbons (Fsp3) is 0.0172. The molecule has 63 heavy (non-hydrogen) atoms. The number of hydrogen-bond acceptors (Lipinski definition) is 3. The number of nitrogens with zero attached hydrogens (tertiary/aromatic N) is 5. The normalized spacial score (nSPS) is 13.2. The molecule has 0 N–H and O–H groups in total. The molecule has 0 radical (unpaired) electrons. The summed E-state index contributed by atoms with van der Waals surface area (Å²) in [6.07, 6.45) is 0. The van der Waals surface area contributed by atoms with Crippen molar-refractivity contribution >= 4 is 43.6 Å². The molecule has 0 unspecified atom stereocenters. The van der Waals surface area contributed by atoms with E-state index in [0.29, 0.717) is 17.6 Å². The summed E-state index contributed by atoms with van der Waals surface area (Å²) in [7, 11) is 0. The first-order valence-corrected chi connectivity index (χ1v) is 21.5. The Morgan fingerprint density at radius 1 is 0.333 bits per heavy atom. The number of benzene rings is 9. The summed E-state index contributed by atoms with van der Waals surface area (Å²) in [5, 5.41) is 4.82. The molecule has 0 amide bonds. The van der Waals surface area contributed by atoms with Gasteiger partial charge in [-0.3, -0.25) is 4.57 Å². The van der Waals surface area contributed by atoms with Crippen LogP contribution < -0.4 is 0 Å². The Balaban J connectivity index is 1.05. The maximum Gasteiger partial charge on any atom is 0.238 e. The zero-order valence-electron chi connectivity index (χ0n) is 33.9. The van der Waals surface area contributed by atoms with Gasteiger partial charge in [0.1, 0.15) is 0 Å². The summed E-state index contributed by atoms with van der Waals surface area (Å²) in [5.41, 5.74) is 17.1. The van der Waals surface area contributed by atoms with Crippen molar-refractivity contribution in [2.45, 2.75) is 5.41 Å². The minimum Gasteiger partial charge on any atom is -0.309 e. The molecule has 2 aliphatic carbocycles. The van der Waals surface area contributed by atoms with Crippen LogP contribution in [-0.4, -0.2) is 24.1 Å². The maximum absolute atomic E-state index is 5.44. The third-order valence-electron chi connectivity index (χ3n) is 13.6. The van der Waals surface area contributed by atoms with E-state index in [-0.39, 0.29) is 0 Å². The second kappa shape index (κ2) is 12.8. The van der Waals surface area contributed by atoms with E-state index in [1.165, 1.54) is 60.7 Å². The van der Waals surface area contributed by atoms with Gasteiger partial charge in [0, 0.05) is 38.4 Å². The van der Waals surface area contributed by atoms with Crippen molar-refractivity contribution in [3.63, 3.8) is 0 Å². The largest absolute Gasteiger partial charge is 0.309 e. The first kappa shape index (κ1) is 34.3. The van der Waals surface area contributed by atoms with Gasteiger partial charge in [-0.15, -0.1) is 0 Å². The lowest BCUT2D eigenvalue weighted by Gasteiger charge is -2.31. The van der Waals surface area contributed by atoms with Crippen molar-refractivity contribution in [2.75, 3.05) is 0 Å². The van der Waals surface area contributed by atoms with Crippen LogP contribution in [0.5, 0.6) is 0 Å². The summed E-state index contributed by atoms with van der Waals surface area (Å²) in [4.78, 5) is 16.0. The number of para-hydroxylation sites is 3. The van der Waals surface area contributed by atoms with Gasteiger partial charge in [-0.2, -0.15) is 9.97 Å². The average Bonchev–Trinajstić information content (AvgIpc) is 4.06. The summed E-state index contributed by atoms with van der Waals surface area (Å²) in [6, 6.07) is 76.5. The lowest BCUT2D eigenvalue weighted by atomic mass is 9.69. The molecule has 3 heterocycles. The van der Waals surface area contributed by atoms with Crippen molar-refractivity contribution in [2.24, 2.45) is 0 Å². The molecule has 2 aliphatic rings. The van der Waals surface area contributed by atoms with E-state index in [4.69, 9.17) is 15.0 Å². The van der Waals surface area contributed by atoms with Crippen molar-refractivity contribution in [1.29, 1.82) is 0 Å². The Morgan fingerprint density at radius 3 is 1.46 bits per heavy atom. The van der Waals surface area contributed by atoms with Crippen molar-refractivity contribution in [1.82, 2.24) is 24.1 Å². The van der Waals surface area contributed by atoms with E-state index in [0.717, 1.165) is 44.3 Å². The van der Waals surface area contributed by atoms with E-state index >= 15 is 0 Å². The molecule has 0 saturated carbocycles. The molecule has 12 aromatic rings. The van der Waals surface area contributed by atoms with E-state index < -0.39 is 5.41 Å². The highest BCUT2D eigenvalue weighted by atomic mass is 15.2. The van der Waals surface area contributed by atoms with Gasteiger partial charge < -0.3 is 4.57 Å². The topological polar surface area (TPSA) is 48.5 Å². The van der Waals surface area contributed by atoms with Crippen LogP contribution in [-0.2, 0) is 5.41 Å². The zero-order valence-corrected chi connectivity index (χ0v) is 33.9. The smallest absolute Gasteiger partial charge is 0.238 e. The predicted octanol–water partition coefficient (Wildman–Crippen LogP) is 13.7. The lowest BCUT2D eigenvalue weighted by Crippen LogP contribution is -2.26. The van der Waals surface area contributed by atoms with E-state index in [1.807, 2.05) is 18.2 Å². The van der Waals surface area contributed by atoms with Gasteiger partial charge in [-0.1, -0.05) is 176 Å². The molecular weight excluding hydrogens is 767 g/mol. The minimum absolute atomic E-state index is 0.514. The summed E-state index contributed by atoms with van der Waals surface area (Å²) in [5.74, 6) is 1.80. The third-order valence-corrected chi connectivity index (χ3v) is 13.6. The Labute approximate surface area is 362 Å². The van der Waals surface area contributed by atoms with Gasteiger partial charge in [0.25, 0.3) is 0 Å². The van der Waals surface area contributed by atoms with Gasteiger partial charge >= 0.3 is 0 Å². The highest BCUT2D eigenvalue weighted by molar-refractivity contribution is 6.16. The molecule has 5 nitrogen and oxygen atoms in total. The summed E-state index contributed by atoms with van der Waals surface area (Å²) < 4.78 is 4.61. The summed E-state index contributed by atoms with van der Waals surface area (Å²) in [6.45, 7) is 0. The number of hydrogen-bond donors (Lipinski definition) is 0. The maximum atomic E-state index is 5.44.